The van der Waals surface area contributed by atoms with E-state index in [1.165, 1.54) is 0 Å². The molecule has 4 fully saturated rings. The number of imidazole rings is 1. The molecule has 11 heteroatoms. The first kappa shape index (κ1) is 25.3. The summed E-state index contributed by atoms with van der Waals surface area (Å²) in [7, 11) is 0. The van der Waals surface area contributed by atoms with Crippen LogP contribution in [0.25, 0.3) is 5.65 Å². The number of halogens is 2. The van der Waals surface area contributed by atoms with Gasteiger partial charge in [0.2, 0.25) is 5.92 Å². The number of nitrogens with one attached hydrogen (secondary N) is 2. The van der Waals surface area contributed by atoms with Gasteiger partial charge in [0, 0.05) is 19.4 Å². The summed E-state index contributed by atoms with van der Waals surface area (Å²) < 4.78 is 35.0. The van der Waals surface area contributed by atoms with Crippen LogP contribution in [0.15, 0.2) is 18.5 Å². The minimum atomic E-state index is -2.68. The highest BCUT2D eigenvalue weighted by Gasteiger charge is 2.54. The monoisotopic (exact) mass is 530 g/mol. The number of amides is 3. The van der Waals surface area contributed by atoms with Gasteiger partial charge in [-0.05, 0) is 82.8 Å². The van der Waals surface area contributed by atoms with Crippen molar-refractivity contribution >= 4 is 17.8 Å². The number of aromatic nitrogens is 3. The number of hydrogen-bond acceptors (Lipinski definition) is 5. The minimum Gasteiger partial charge on any atom is -0.444 e. The third kappa shape index (κ3) is 5.16. The van der Waals surface area contributed by atoms with Gasteiger partial charge in [0.15, 0.2) is 5.65 Å². The van der Waals surface area contributed by atoms with E-state index in [0.717, 1.165) is 31.2 Å². The van der Waals surface area contributed by atoms with Crippen LogP contribution >= 0.6 is 0 Å². The molecule has 3 aliphatic carbocycles. The molecule has 0 radical (unpaired) electrons. The molecule has 3 heterocycles. The van der Waals surface area contributed by atoms with E-state index in [1.54, 1.807) is 37.7 Å². The molecular formula is C27H36F2N6O3. The number of ether oxygens (including phenoxy) is 1. The molecule has 1 aliphatic heterocycles. The molecule has 0 bridgehead atoms. The molecule has 38 heavy (non-hydrogen) atoms. The highest BCUT2D eigenvalue weighted by atomic mass is 19.3. The van der Waals surface area contributed by atoms with Gasteiger partial charge in [0.25, 0.3) is 0 Å². The van der Waals surface area contributed by atoms with Crippen LogP contribution in [0.5, 0.6) is 0 Å². The molecule has 3 amide bonds. The summed E-state index contributed by atoms with van der Waals surface area (Å²) in [5.74, 6) is -2.48. The summed E-state index contributed by atoms with van der Waals surface area (Å²) in [6, 6.07) is 1.32. The first-order valence-corrected chi connectivity index (χ1v) is 13.7. The van der Waals surface area contributed by atoms with Gasteiger partial charge in [-0.2, -0.15) is 5.10 Å². The molecule has 0 unspecified atom stereocenters. The first-order chi connectivity index (χ1) is 17.9. The molecule has 9 nitrogen and oxygen atoms in total. The summed E-state index contributed by atoms with van der Waals surface area (Å²) >= 11 is 0. The lowest BCUT2D eigenvalue weighted by atomic mass is 9.81. The number of carbonyl (C=O) groups excluding carboxylic acids is 2. The predicted octanol–water partition coefficient (Wildman–Crippen LogP) is 5.13. The van der Waals surface area contributed by atoms with E-state index >= 15 is 0 Å². The second-order valence-electron chi connectivity index (χ2n) is 12.7. The zero-order valence-corrected chi connectivity index (χ0v) is 22.2. The number of urea groups is 1. The Morgan fingerprint density at radius 2 is 1.87 bits per heavy atom. The molecule has 1 saturated heterocycles. The van der Waals surface area contributed by atoms with Crippen LogP contribution in [-0.4, -0.2) is 55.2 Å². The van der Waals surface area contributed by atoms with E-state index in [0.29, 0.717) is 23.8 Å². The Morgan fingerprint density at radius 1 is 1.16 bits per heavy atom. The molecule has 4 aliphatic rings. The largest absolute Gasteiger partial charge is 0.444 e. The van der Waals surface area contributed by atoms with Crippen molar-refractivity contribution in [2.24, 2.45) is 11.8 Å². The van der Waals surface area contributed by atoms with Crippen molar-refractivity contribution in [3.63, 3.8) is 0 Å². The zero-order valence-electron chi connectivity index (χ0n) is 22.2. The number of alkyl carbamates (subject to hydrolysis) is 1. The van der Waals surface area contributed by atoms with Gasteiger partial charge in [-0.15, -0.1) is 0 Å². The van der Waals surface area contributed by atoms with Gasteiger partial charge in [-0.1, -0.05) is 0 Å². The van der Waals surface area contributed by atoms with Gasteiger partial charge < -0.3 is 20.3 Å². The third-order valence-corrected chi connectivity index (χ3v) is 8.29. The number of rotatable bonds is 6. The van der Waals surface area contributed by atoms with Crippen molar-refractivity contribution in [2.75, 3.05) is 6.54 Å². The first-order valence-electron chi connectivity index (χ1n) is 13.7. The van der Waals surface area contributed by atoms with Crippen molar-refractivity contribution in [1.29, 1.82) is 0 Å². The van der Waals surface area contributed by atoms with Crippen molar-refractivity contribution in [1.82, 2.24) is 30.1 Å². The summed E-state index contributed by atoms with van der Waals surface area (Å²) in [4.78, 5) is 32.3. The Kier molecular flexibility index (Phi) is 5.84. The van der Waals surface area contributed by atoms with Crippen LogP contribution in [0.4, 0.5) is 18.4 Å². The lowest BCUT2D eigenvalue weighted by molar-refractivity contribution is -0.0500. The van der Waals surface area contributed by atoms with E-state index < -0.39 is 23.7 Å². The van der Waals surface area contributed by atoms with E-state index in [1.807, 2.05) is 11.0 Å². The Balaban J connectivity index is 1.28. The van der Waals surface area contributed by atoms with Crippen molar-refractivity contribution in [2.45, 2.75) is 101 Å². The van der Waals surface area contributed by atoms with E-state index in [9.17, 15) is 18.4 Å². The average molecular weight is 531 g/mol. The van der Waals surface area contributed by atoms with Crippen LogP contribution < -0.4 is 10.6 Å². The second-order valence-corrected chi connectivity index (χ2v) is 12.7. The Labute approximate surface area is 220 Å². The minimum absolute atomic E-state index is 0.0148. The molecule has 3 saturated carbocycles. The maximum Gasteiger partial charge on any atom is 0.408 e. The predicted molar refractivity (Wildman–Crippen MR) is 135 cm³/mol. The van der Waals surface area contributed by atoms with Crippen LogP contribution in [-0.2, 0) is 4.74 Å². The number of alkyl halides is 2. The number of nitrogens with zero attached hydrogens (tertiary/aromatic N) is 4. The highest BCUT2D eigenvalue weighted by Crippen LogP contribution is 2.49. The summed E-state index contributed by atoms with van der Waals surface area (Å²) in [6.45, 7) is 6.05. The van der Waals surface area contributed by atoms with Gasteiger partial charge in [-0.3, -0.25) is 0 Å². The fourth-order valence-electron chi connectivity index (χ4n) is 6.00. The van der Waals surface area contributed by atoms with Crippen molar-refractivity contribution in [3.8, 4) is 0 Å². The summed E-state index contributed by atoms with van der Waals surface area (Å²) in [5, 5.41) is 10.7. The molecule has 206 valence electrons. The van der Waals surface area contributed by atoms with Crippen LogP contribution in [0.1, 0.15) is 95.5 Å². The summed E-state index contributed by atoms with van der Waals surface area (Å²) in [5.41, 5.74) is 1.36. The molecule has 2 aromatic heterocycles. The Bertz CT molecular complexity index is 1240. The quantitative estimate of drug-likeness (QED) is 0.539. The van der Waals surface area contributed by atoms with E-state index in [4.69, 9.17) is 9.72 Å². The molecule has 0 aromatic carbocycles. The van der Waals surface area contributed by atoms with E-state index in [2.05, 4.69) is 15.7 Å². The summed E-state index contributed by atoms with van der Waals surface area (Å²) in [6.07, 6.45) is 7.23. The molecule has 2 N–H and O–H groups in total. The SMILES string of the molecule is CC(C)(C)OC(=O)N[C@H](c1cn2ncc([C@@H](C3CC3)N3CC4(CC4)NC3=O)cc2n1)C1CCC(F)(F)CC1. The van der Waals surface area contributed by atoms with Crippen LogP contribution in [0, 0.1) is 11.8 Å². The topological polar surface area (TPSA) is 101 Å². The zero-order chi connectivity index (χ0) is 26.9. The van der Waals surface area contributed by atoms with Crippen LogP contribution in [0.2, 0.25) is 0 Å². The maximum absolute atomic E-state index is 13.9. The Hall–Kier alpha value is -2.98. The number of fused-ring (bicyclic) bond motifs is 1. The number of hydrogen-bond donors (Lipinski definition) is 2. The van der Waals surface area contributed by atoms with E-state index in [-0.39, 0.29) is 49.2 Å². The smallest absolute Gasteiger partial charge is 0.408 e. The standard InChI is InChI=1S/C27H36F2N6O3/c1-25(2,3)38-24(37)32-21(16-6-8-27(28,29)9-7-16)19-14-35-20(31-19)12-18(13-30-35)22(17-4-5-17)34-15-26(10-11-26)33-23(34)36/h12-14,16-17,21-22H,4-11,15H2,1-3H3,(H,32,37)(H,33,36)/t21-,22+/m0/s1. The lowest BCUT2D eigenvalue weighted by Crippen LogP contribution is -2.40. The molecule has 1 spiro atoms. The van der Waals surface area contributed by atoms with Gasteiger partial charge >= 0.3 is 12.1 Å². The van der Waals surface area contributed by atoms with Gasteiger partial charge in [-0.25, -0.2) is 27.9 Å². The van der Waals surface area contributed by atoms with Gasteiger partial charge in [0.1, 0.15) is 5.60 Å². The van der Waals surface area contributed by atoms with Crippen LogP contribution in [0.3, 0.4) is 0 Å². The maximum atomic E-state index is 13.9. The average Bonchev–Trinajstić information content (AvgIpc) is 3.72. The third-order valence-electron chi connectivity index (χ3n) is 8.29. The fourth-order valence-corrected chi connectivity index (χ4v) is 6.00. The molecule has 6 rings (SSSR count). The lowest BCUT2D eigenvalue weighted by Gasteiger charge is -2.33. The molecule has 2 atom stereocenters. The molecular weight excluding hydrogens is 494 g/mol. The Morgan fingerprint density at radius 3 is 2.47 bits per heavy atom. The van der Waals surface area contributed by atoms with Crippen molar-refractivity contribution < 1.29 is 23.1 Å². The van der Waals surface area contributed by atoms with Gasteiger partial charge in [0.05, 0.1) is 35.7 Å². The number of carbonyl (C=O) groups is 2. The normalized spacial score (nSPS) is 24.3. The fraction of sp³-hybridized carbons (Fsp3) is 0.704. The highest BCUT2D eigenvalue weighted by molar-refractivity contribution is 5.79. The second kappa shape index (κ2) is 8.77. The molecule has 2 aromatic rings. The van der Waals surface area contributed by atoms with Crippen molar-refractivity contribution in [3.05, 3.63) is 29.7 Å².